The molecule has 1 atom stereocenters. The average Bonchev–Trinajstić information content (AvgIpc) is 3.12. The Morgan fingerprint density at radius 3 is 2.63 bits per heavy atom. The highest BCUT2D eigenvalue weighted by molar-refractivity contribution is 5.67. The van der Waals surface area contributed by atoms with Crippen LogP contribution in [0.25, 0.3) is 0 Å². The number of aliphatic carboxylic acids is 1. The number of rotatable bonds is 9. The van der Waals surface area contributed by atoms with Gasteiger partial charge in [0.1, 0.15) is 0 Å². The van der Waals surface area contributed by atoms with E-state index in [4.69, 9.17) is 4.52 Å². The first-order chi connectivity index (χ1) is 13.1. The van der Waals surface area contributed by atoms with Crippen LogP contribution in [0.3, 0.4) is 0 Å². The maximum atomic E-state index is 11.3. The SMILES string of the molecule is O=C(O)C[C@H](CCCC1CCCCC1)c1nc(CN2CCN(O)CC2)no1. The maximum Gasteiger partial charge on any atom is 0.304 e. The molecule has 8 heteroatoms. The molecule has 2 heterocycles. The fourth-order valence-electron chi connectivity index (χ4n) is 4.25. The third-order valence-corrected chi connectivity index (χ3v) is 5.86. The standard InChI is InChI=1S/C19H32N4O4/c24-18(25)13-16(8-4-7-15-5-2-1-3-6-15)19-20-17(21-27-19)14-22-9-11-23(26)12-10-22/h15-16,26H,1-14H2,(H,24,25)/t16-/m0/s1. The first kappa shape index (κ1) is 20.2. The van der Waals surface area contributed by atoms with Crippen LogP contribution in [0, 0.1) is 5.92 Å². The lowest BCUT2D eigenvalue weighted by Gasteiger charge is -2.29. The maximum absolute atomic E-state index is 11.3. The summed E-state index contributed by atoms with van der Waals surface area (Å²) in [5, 5.41) is 24.1. The van der Waals surface area contributed by atoms with Crippen LogP contribution in [0.5, 0.6) is 0 Å². The molecule has 0 amide bonds. The zero-order valence-electron chi connectivity index (χ0n) is 16.1. The molecule has 2 fully saturated rings. The summed E-state index contributed by atoms with van der Waals surface area (Å²) in [5.74, 6) is 0.821. The zero-order valence-corrected chi connectivity index (χ0v) is 16.1. The Labute approximate surface area is 160 Å². The smallest absolute Gasteiger partial charge is 0.304 e. The number of nitrogens with zero attached hydrogens (tertiary/aromatic N) is 4. The zero-order chi connectivity index (χ0) is 19.1. The van der Waals surface area contributed by atoms with Crippen molar-refractivity contribution in [2.75, 3.05) is 26.2 Å². The van der Waals surface area contributed by atoms with Gasteiger partial charge in [0.2, 0.25) is 5.89 Å². The summed E-state index contributed by atoms with van der Waals surface area (Å²) in [5.41, 5.74) is 0. The van der Waals surface area contributed by atoms with E-state index in [2.05, 4.69) is 15.0 Å². The number of hydrogen-bond acceptors (Lipinski definition) is 7. The lowest BCUT2D eigenvalue weighted by atomic mass is 9.84. The molecule has 8 nitrogen and oxygen atoms in total. The van der Waals surface area contributed by atoms with Crippen LogP contribution < -0.4 is 0 Å². The van der Waals surface area contributed by atoms with E-state index >= 15 is 0 Å². The molecule has 0 unspecified atom stereocenters. The van der Waals surface area contributed by atoms with Gasteiger partial charge in [0.25, 0.3) is 0 Å². The predicted octanol–water partition coefficient (Wildman–Crippen LogP) is 2.89. The van der Waals surface area contributed by atoms with Crippen LogP contribution in [0.2, 0.25) is 0 Å². The fourth-order valence-corrected chi connectivity index (χ4v) is 4.25. The van der Waals surface area contributed by atoms with Gasteiger partial charge >= 0.3 is 5.97 Å². The van der Waals surface area contributed by atoms with Crippen LogP contribution >= 0.6 is 0 Å². The van der Waals surface area contributed by atoms with Crippen LogP contribution in [-0.2, 0) is 11.3 Å². The molecule has 1 saturated carbocycles. The third kappa shape index (κ3) is 6.55. The number of carbonyl (C=O) groups is 1. The molecule has 2 aliphatic rings. The minimum atomic E-state index is -0.823. The van der Waals surface area contributed by atoms with Crippen LogP contribution in [0.1, 0.15) is 75.4 Å². The number of carboxylic acid groups (broad SMARTS) is 1. The van der Waals surface area contributed by atoms with Gasteiger partial charge < -0.3 is 14.8 Å². The Bertz CT molecular complexity index is 580. The molecular formula is C19H32N4O4. The average molecular weight is 380 g/mol. The van der Waals surface area contributed by atoms with Gasteiger partial charge in [-0.25, -0.2) is 0 Å². The van der Waals surface area contributed by atoms with Crippen LogP contribution in [0.4, 0.5) is 0 Å². The van der Waals surface area contributed by atoms with Gasteiger partial charge in [0, 0.05) is 32.1 Å². The van der Waals surface area contributed by atoms with Crippen molar-refractivity contribution in [3.63, 3.8) is 0 Å². The molecule has 1 aromatic rings. The quantitative estimate of drug-likeness (QED) is 0.674. The molecule has 0 spiro atoms. The van der Waals surface area contributed by atoms with Gasteiger partial charge in [-0.1, -0.05) is 50.1 Å². The minimum absolute atomic E-state index is 0.0372. The Kier molecular flexibility index (Phi) is 7.60. The monoisotopic (exact) mass is 380 g/mol. The largest absolute Gasteiger partial charge is 0.481 e. The van der Waals surface area contributed by atoms with Gasteiger partial charge in [-0.05, 0) is 12.3 Å². The van der Waals surface area contributed by atoms with Crippen molar-refractivity contribution in [3.8, 4) is 0 Å². The van der Waals surface area contributed by atoms with Crippen molar-refractivity contribution in [2.45, 2.75) is 70.3 Å². The number of hydroxylamine groups is 2. The third-order valence-electron chi connectivity index (χ3n) is 5.86. The van der Waals surface area contributed by atoms with Crippen molar-refractivity contribution in [2.24, 2.45) is 5.92 Å². The summed E-state index contributed by atoms with van der Waals surface area (Å²) < 4.78 is 5.42. The molecule has 0 bridgehead atoms. The van der Waals surface area contributed by atoms with E-state index in [1.807, 2.05) is 0 Å². The van der Waals surface area contributed by atoms with Crippen molar-refractivity contribution < 1.29 is 19.6 Å². The summed E-state index contributed by atoms with van der Waals surface area (Å²) in [7, 11) is 0. The van der Waals surface area contributed by atoms with Gasteiger partial charge in [0.15, 0.2) is 5.82 Å². The van der Waals surface area contributed by atoms with Gasteiger partial charge in [-0.2, -0.15) is 10.0 Å². The molecule has 1 aliphatic carbocycles. The number of hydrogen-bond donors (Lipinski definition) is 2. The molecule has 1 aromatic heterocycles. The first-order valence-electron chi connectivity index (χ1n) is 10.3. The normalized spacial score (nSPS) is 21.4. The number of piperazine rings is 1. The van der Waals surface area contributed by atoms with Crippen molar-refractivity contribution in [1.82, 2.24) is 20.1 Å². The highest BCUT2D eigenvalue weighted by atomic mass is 16.5. The van der Waals surface area contributed by atoms with Gasteiger partial charge in [-0.15, -0.1) is 0 Å². The molecule has 27 heavy (non-hydrogen) atoms. The van der Waals surface area contributed by atoms with E-state index < -0.39 is 5.97 Å². The van der Waals surface area contributed by atoms with E-state index in [0.29, 0.717) is 31.3 Å². The summed E-state index contributed by atoms with van der Waals surface area (Å²) in [6.07, 6.45) is 9.66. The molecule has 2 N–H and O–H groups in total. The molecule has 0 radical (unpaired) electrons. The second kappa shape index (κ2) is 10.1. The fraction of sp³-hybridized carbons (Fsp3) is 0.842. The van der Waals surface area contributed by atoms with E-state index in [-0.39, 0.29) is 12.3 Å². The summed E-state index contributed by atoms with van der Waals surface area (Å²) in [6, 6.07) is 0. The van der Waals surface area contributed by atoms with E-state index in [0.717, 1.165) is 31.8 Å². The van der Waals surface area contributed by atoms with E-state index in [1.165, 1.54) is 43.6 Å². The second-order valence-electron chi connectivity index (χ2n) is 8.01. The van der Waals surface area contributed by atoms with Crippen molar-refractivity contribution in [3.05, 3.63) is 11.7 Å². The Morgan fingerprint density at radius 1 is 1.19 bits per heavy atom. The lowest BCUT2D eigenvalue weighted by molar-refractivity contribution is -0.137. The molecule has 152 valence electrons. The number of carboxylic acids is 1. The van der Waals surface area contributed by atoms with Crippen molar-refractivity contribution in [1.29, 1.82) is 0 Å². The second-order valence-corrected chi connectivity index (χ2v) is 8.01. The first-order valence-corrected chi connectivity index (χ1v) is 10.3. The lowest BCUT2D eigenvalue weighted by Crippen LogP contribution is -2.44. The minimum Gasteiger partial charge on any atom is -0.481 e. The number of aromatic nitrogens is 2. The summed E-state index contributed by atoms with van der Waals surface area (Å²) in [4.78, 5) is 17.9. The van der Waals surface area contributed by atoms with Crippen molar-refractivity contribution >= 4 is 5.97 Å². The van der Waals surface area contributed by atoms with Crippen LogP contribution in [0.15, 0.2) is 4.52 Å². The van der Waals surface area contributed by atoms with Gasteiger partial charge in [-0.3, -0.25) is 9.69 Å². The molecular weight excluding hydrogens is 348 g/mol. The summed E-state index contributed by atoms with van der Waals surface area (Å²) >= 11 is 0. The molecule has 1 saturated heterocycles. The van der Waals surface area contributed by atoms with E-state index in [1.54, 1.807) is 0 Å². The molecule has 3 rings (SSSR count). The van der Waals surface area contributed by atoms with Crippen LogP contribution in [-0.4, -0.2) is 62.6 Å². The Balaban J connectivity index is 1.51. The van der Waals surface area contributed by atoms with E-state index in [9.17, 15) is 15.1 Å². The van der Waals surface area contributed by atoms with Gasteiger partial charge in [0.05, 0.1) is 13.0 Å². The highest BCUT2D eigenvalue weighted by Crippen LogP contribution is 2.31. The Morgan fingerprint density at radius 2 is 1.93 bits per heavy atom. The predicted molar refractivity (Wildman–Crippen MR) is 98.4 cm³/mol. The topological polar surface area (TPSA) is 103 Å². The highest BCUT2D eigenvalue weighted by Gasteiger charge is 2.24. The Hall–Kier alpha value is -1.51. The molecule has 0 aromatic carbocycles. The molecule has 1 aliphatic heterocycles. The summed E-state index contributed by atoms with van der Waals surface area (Å²) in [6.45, 7) is 3.28.